The van der Waals surface area contributed by atoms with Gasteiger partial charge in [0, 0.05) is 11.0 Å². The van der Waals surface area contributed by atoms with Crippen molar-refractivity contribution in [2.75, 3.05) is 0 Å². The summed E-state index contributed by atoms with van der Waals surface area (Å²) in [6.07, 6.45) is 9.14. The molecule has 23 heavy (non-hydrogen) atoms. The molecule has 0 bridgehead atoms. The SMILES string of the molecule is CCCCCCCCc1ccc(Sc2nc(Cl)cc(Cl)n2)cc1. The Kier molecular flexibility index (Phi) is 8.21. The van der Waals surface area contributed by atoms with Gasteiger partial charge in [-0.1, -0.05) is 74.4 Å². The predicted octanol–water partition coefficient (Wildman–Crippen LogP) is 6.84. The molecule has 1 aromatic heterocycles. The maximum absolute atomic E-state index is 5.90. The van der Waals surface area contributed by atoms with Gasteiger partial charge in [-0.3, -0.25) is 0 Å². The second kappa shape index (κ2) is 10.2. The van der Waals surface area contributed by atoms with Crippen molar-refractivity contribution in [3.8, 4) is 0 Å². The molecule has 0 saturated carbocycles. The first-order valence-electron chi connectivity index (χ1n) is 8.14. The molecule has 0 aliphatic heterocycles. The van der Waals surface area contributed by atoms with E-state index >= 15 is 0 Å². The molecular formula is C18H22Cl2N2S. The molecule has 0 N–H and O–H groups in total. The van der Waals surface area contributed by atoms with Crippen LogP contribution in [0.2, 0.25) is 10.3 Å². The lowest BCUT2D eigenvalue weighted by Gasteiger charge is -2.04. The maximum atomic E-state index is 5.90. The molecule has 0 unspecified atom stereocenters. The van der Waals surface area contributed by atoms with E-state index in [2.05, 4.69) is 41.2 Å². The molecule has 0 radical (unpaired) electrons. The van der Waals surface area contributed by atoms with Crippen LogP contribution in [-0.4, -0.2) is 9.97 Å². The second-order valence-corrected chi connectivity index (χ2v) is 7.37. The Bertz CT molecular complexity index is 582. The van der Waals surface area contributed by atoms with Crippen molar-refractivity contribution in [1.29, 1.82) is 0 Å². The Hall–Kier alpha value is -0.770. The fourth-order valence-electron chi connectivity index (χ4n) is 2.36. The lowest BCUT2D eigenvalue weighted by Crippen LogP contribution is -1.89. The van der Waals surface area contributed by atoms with Gasteiger partial charge >= 0.3 is 0 Å². The van der Waals surface area contributed by atoms with Gasteiger partial charge < -0.3 is 0 Å². The third kappa shape index (κ3) is 7.11. The molecule has 1 heterocycles. The third-order valence-corrected chi connectivity index (χ3v) is 4.85. The highest BCUT2D eigenvalue weighted by atomic mass is 35.5. The number of nitrogens with zero attached hydrogens (tertiary/aromatic N) is 2. The van der Waals surface area contributed by atoms with Crippen molar-refractivity contribution in [2.45, 2.75) is 61.9 Å². The summed E-state index contributed by atoms with van der Waals surface area (Å²) >= 11 is 13.3. The zero-order chi connectivity index (χ0) is 16.5. The summed E-state index contributed by atoms with van der Waals surface area (Å²) < 4.78 is 0. The normalized spacial score (nSPS) is 10.9. The number of halogens is 2. The van der Waals surface area contributed by atoms with Crippen LogP contribution in [-0.2, 0) is 6.42 Å². The van der Waals surface area contributed by atoms with Gasteiger partial charge in [-0.15, -0.1) is 0 Å². The first-order chi connectivity index (χ1) is 11.2. The Morgan fingerprint density at radius 1 is 0.870 bits per heavy atom. The van der Waals surface area contributed by atoms with Crippen molar-refractivity contribution in [3.05, 3.63) is 46.2 Å². The number of rotatable bonds is 9. The van der Waals surface area contributed by atoms with Crippen molar-refractivity contribution in [3.63, 3.8) is 0 Å². The summed E-state index contributed by atoms with van der Waals surface area (Å²) in [5.74, 6) is 0. The summed E-state index contributed by atoms with van der Waals surface area (Å²) in [4.78, 5) is 9.43. The van der Waals surface area contributed by atoms with Crippen LogP contribution < -0.4 is 0 Å². The molecule has 0 aliphatic carbocycles. The van der Waals surface area contributed by atoms with Crippen LogP contribution in [0, 0.1) is 0 Å². The van der Waals surface area contributed by atoms with E-state index in [0.29, 0.717) is 15.5 Å². The van der Waals surface area contributed by atoms with E-state index in [1.807, 2.05) is 0 Å². The van der Waals surface area contributed by atoms with Gasteiger partial charge in [0.15, 0.2) is 5.16 Å². The van der Waals surface area contributed by atoms with Crippen molar-refractivity contribution in [2.24, 2.45) is 0 Å². The number of hydrogen-bond donors (Lipinski definition) is 0. The number of benzene rings is 1. The van der Waals surface area contributed by atoms with Gasteiger partial charge in [0.05, 0.1) is 0 Å². The summed E-state index contributed by atoms with van der Waals surface area (Å²) in [5, 5.41) is 1.31. The minimum atomic E-state index is 0.368. The van der Waals surface area contributed by atoms with Crippen LogP contribution in [0.15, 0.2) is 40.4 Å². The van der Waals surface area contributed by atoms with E-state index in [4.69, 9.17) is 23.2 Å². The molecule has 0 spiro atoms. The van der Waals surface area contributed by atoms with E-state index < -0.39 is 0 Å². The van der Waals surface area contributed by atoms with Crippen LogP contribution in [0.25, 0.3) is 0 Å². The highest BCUT2D eigenvalue weighted by Gasteiger charge is 2.04. The molecule has 2 aromatic rings. The lowest BCUT2D eigenvalue weighted by molar-refractivity contribution is 0.607. The van der Waals surface area contributed by atoms with Crippen LogP contribution in [0.1, 0.15) is 51.0 Å². The highest BCUT2D eigenvalue weighted by molar-refractivity contribution is 7.99. The molecule has 2 rings (SSSR count). The molecule has 0 saturated heterocycles. The summed E-state index contributed by atoms with van der Waals surface area (Å²) in [6, 6.07) is 10.1. The Labute approximate surface area is 153 Å². The zero-order valence-electron chi connectivity index (χ0n) is 13.4. The van der Waals surface area contributed by atoms with Crippen molar-refractivity contribution < 1.29 is 0 Å². The number of unbranched alkanes of at least 4 members (excludes halogenated alkanes) is 5. The Balaban J connectivity index is 1.80. The Morgan fingerprint density at radius 2 is 1.48 bits per heavy atom. The minimum absolute atomic E-state index is 0.368. The largest absolute Gasteiger partial charge is 0.210 e. The molecule has 124 valence electrons. The maximum Gasteiger partial charge on any atom is 0.195 e. The van der Waals surface area contributed by atoms with E-state index in [1.54, 1.807) is 0 Å². The smallest absolute Gasteiger partial charge is 0.195 e. The van der Waals surface area contributed by atoms with Gasteiger partial charge in [0.2, 0.25) is 0 Å². The van der Waals surface area contributed by atoms with Crippen LogP contribution in [0.3, 0.4) is 0 Å². The first kappa shape index (κ1) is 18.6. The molecule has 0 amide bonds. The van der Waals surface area contributed by atoms with Gasteiger partial charge in [-0.25, -0.2) is 9.97 Å². The van der Waals surface area contributed by atoms with Crippen LogP contribution in [0.4, 0.5) is 0 Å². The average Bonchev–Trinajstić information content (AvgIpc) is 2.51. The van der Waals surface area contributed by atoms with Gasteiger partial charge in [-0.05, 0) is 42.3 Å². The molecule has 0 atom stereocenters. The Morgan fingerprint density at radius 3 is 2.13 bits per heavy atom. The van der Waals surface area contributed by atoms with Gasteiger partial charge in [-0.2, -0.15) is 0 Å². The molecule has 0 aliphatic rings. The highest BCUT2D eigenvalue weighted by Crippen LogP contribution is 2.27. The molecule has 0 fully saturated rings. The lowest BCUT2D eigenvalue weighted by atomic mass is 10.1. The topological polar surface area (TPSA) is 25.8 Å². The zero-order valence-corrected chi connectivity index (χ0v) is 15.7. The van der Waals surface area contributed by atoms with Crippen molar-refractivity contribution >= 4 is 35.0 Å². The number of aromatic nitrogens is 2. The fraction of sp³-hybridized carbons (Fsp3) is 0.444. The number of hydrogen-bond acceptors (Lipinski definition) is 3. The monoisotopic (exact) mass is 368 g/mol. The second-order valence-electron chi connectivity index (χ2n) is 5.56. The van der Waals surface area contributed by atoms with Crippen LogP contribution >= 0.6 is 35.0 Å². The quantitative estimate of drug-likeness (QED) is 0.275. The average molecular weight is 369 g/mol. The predicted molar refractivity (Wildman–Crippen MR) is 99.7 cm³/mol. The van der Waals surface area contributed by atoms with E-state index in [-0.39, 0.29) is 0 Å². The summed E-state index contributed by atoms with van der Waals surface area (Å²) in [7, 11) is 0. The minimum Gasteiger partial charge on any atom is -0.210 e. The third-order valence-electron chi connectivity index (χ3n) is 3.59. The van der Waals surface area contributed by atoms with E-state index in [9.17, 15) is 0 Å². The van der Waals surface area contributed by atoms with Crippen molar-refractivity contribution in [1.82, 2.24) is 9.97 Å². The van der Waals surface area contributed by atoms with Gasteiger partial charge in [0.25, 0.3) is 0 Å². The number of aryl methyl sites for hydroxylation is 1. The first-order valence-corrected chi connectivity index (χ1v) is 9.71. The summed E-state index contributed by atoms with van der Waals surface area (Å²) in [5.41, 5.74) is 1.38. The van der Waals surface area contributed by atoms with Gasteiger partial charge in [0.1, 0.15) is 10.3 Å². The molecule has 2 nitrogen and oxygen atoms in total. The molecular weight excluding hydrogens is 347 g/mol. The molecule has 1 aromatic carbocycles. The summed E-state index contributed by atoms with van der Waals surface area (Å²) in [6.45, 7) is 2.25. The molecule has 5 heteroatoms. The van der Waals surface area contributed by atoms with E-state index in [0.717, 1.165) is 11.3 Å². The van der Waals surface area contributed by atoms with Crippen LogP contribution in [0.5, 0.6) is 0 Å². The fourth-order valence-corrected chi connectivity index (χ4v) is 3.65. The van der Waals surface area contributed by atoms with E-state index in [1.165, 1.54) is 61.9 Å². The standard InChI is InChI=1S/C18H22Cl2N2S/c1-2-3-4-5-6-7-8-14-9-11-15(12-10-14)23-18-21-16(19)13-17(20)22-18/h9-13H,2-8H2,1H3.